The van der Waals surface area contributed by atoms with Crippen LogP contribution in [0.5, 0.6) is 5.75 Å². The van der Waals surface area contributed by atoms with Gasteiger partial charge < -0.3 is 29.3 Å². The Hall–Kier alpha value is -5.20. The lowest BCUT2D eigenvalue weighted by atomic mass is 9.85. The molecule has 3 saturated heterocycles. The molecular weight excluding hydrogens is 819 g/mol. The zero-order valence-corrected chi connectivity index (χ0v) is 35.7. The molecule has 3 fully saturated rings. The van der Waals surface area contributed by atoms with Gasteiger partial charge in [0, 0.05) is 67.1 Å². The molecule has 0 saturated carbocycles. The van der Waals surface area contributed by atoms with Crippen molar-refractivity contribution in [2.24, 2.45) is 5.92 Å². The molecule has 310 valence electrons. The van der Waals surface area contributed by atoms with E-state index in [9.17, 15) is 37.5 Å². The lowest BCUT2D eigenvalue weighted by molar-refractivity contribution is -0.156. The van der Waals surface area contributed by atoms with E-state index in [-0.39, 0.29) is 37.5 Å². The summed E-state index contributed by atoms with van der Waals surface area (Å²) >= 11 is 2.90. The molecule has 0 aromatic heterocycles. The Morgan fingerprint density at radius 3 is 2.07 bits per heavy atom. The summed E-state index contributed by atoms with van der Waals surface area (Å²) in [5.41, 5.74) is 4.32. The smallest absolute Gasteiger partial charge is 0.419 e. The van der Waals surface area contributed by atoms with Gasteiger partial charge in [-0.3, -0.25) is 19.3 Å². The summed E-state index contributed by atoms with van der Waals surface area (Å²) in [5.74, 6) is -3.02. The number of thioether (sulfide) groups is 1. The molecule has 1 N–H and O–H groups in total. The summed E-state index contributed by atoms with van der Waals surface area (Å²) in [7, 11) is 4.07. The van der Waals surface area contributed by atoms with Gasteiger partial charge in [0.25, 0.3) is 0 Å². The third-order valence-electron chi connectivity index (χ3n) is 11.6. The maximum absolute atomic E-state index is 13.8. The predicted molar refractivity (Wildman–Crippen MR) is 223 cm³/mol. The monoisotopic (exact) mass is 861 g/mol. The molecule has 3 amide bonds. The molecule has 0 aliphatic carbocycles. The highest BCUT2D eigenvalue weighted by Crippen LogP contribution is 2.51. The first-order valence-electron chi connectivity index (χ1n) is 18.9. The van der Waals surface area contributed by atoms with Crippen molar-refractivity contribution in [2.45, 2.75) is 64.6 Å². The molecule has 0 radical (unpaired) electrons. The molecule has 8 rings (SSSR count). The lowest BCUT2D eigenvalue weighted by Crippen LogP contribution is -2.63. The van der Waals surface area contributed by atoms with Crippen LogP contribution in [0.1, 0.15) is 32.3 Å². The first-order chi connectivity index (χ1) is 27.9. The number of carbonyl (C=O) groups excluding carboxylic acids is 4. The average Bonchev–Trinajstić information content (AvgIpc) is 3.32. The third-order valence-corrected chi connectivity index (χ3v) is 16.9. The number of carboxylic acid groups (broad SMARTS) is 1. The molecule has 0 bridgehead atoms. The highest BCUT2D eigenvalue weighted by Gasteiger charge is 2.68. The van der Waals surface area contributed by atoms with Gasteiger partial charge in [0.1, 0.15) is 36.1 Å². The fourth-order valence-electron chi connectivity index (χ4n) is 8.21. The standard InChI is InChI=1S/C41H43N5O10S3/c1-41(2)36(45-33(48)18-34(45)59(41,53)54)30(47)17-27-37(49)46-35(39(50)51)23(21-57-38(27)46)20-55-26-11-7-22(8-12-26)19-56-40(52)44-28-13-9-24(42(3)4)15-31(28)58-32-16-25(43(5)6)10-14-29(32)44/h7-16,27,34,36,38H,17-21H2,1-6H3,(H,50,51)/t27-,34-,36+,38-/m1/s1. The van der Waals surface area contributed by atoms with E-state index in [0.717, 1.165) is 37.4 Å². The molecule has 0 spiro atoms. The molecule has 18 heteroatoms. The van der Waals surface area contributed by atoms with E-state index >= 15 is 0 Å². The molecular formula is C41H43N5O10S3. The van der Waals surface area contributed by atoms with Crippen molar-refractivity contribution in [3.63, 3.8) is 0 Å². The Bertz CT molecular complexity index is 2400. The van der Waals surface area contributed by atoms with Gasteiger partial charge in [0.2, 0.25) is 11.8 Å². The lowest BCUT2D eigenvalue weighted by Gasteiger charge is -2.50. The Morgan fingerprint density at radius 1 is 0.898 bits per heavy atom. The van der Waals surface area contributed by atoms with Gasteiger partial charge in [-0.25, -0.2) is 22.9 Å². The summed E-state index contributed by atoms with van der Waals surface area (Å²) in [6, 6.07) is 17.5. The number of benzene rings is 3. The molecule has 3 aromatic carbocycles. The molecule has 15 nitrogen and oxygen atoms in total. The van der Waals surface area contributed by atoms with Gasteiger partial charge >= 0.3 is 12.1 Å². The number of anilines is 4. The Morgan fingerprint density at radius 2 is 1.51 bits per heavy atom. The van der Waals surface area contributed by atoms with Crippen LogP contribution >= 0.6 is 23.5 Å². The number of amides is 3. The number of fused-ring (bicyclic) bond motifs is 4. The zero-order chi connectivity index (χ0) is 42.3. The van der Waals surface area contributed by atoms with Crippen LogP contribution in [0.3, 0.4) is 0 Å². The number of hydrogen-bond acceptors (Lipinski definition) is 13. The molecule has 4 atom stereocenters. The van der Waals surface area contributed by atoms with Crippen molar-refractivity contribution in [1.29, 1.82) is 0 Å². The first kappa shape index (κ1) is 40.6. The van der Waals surface area contributed by atoms with E-state index < -0.39 is 67.0 Å². The number of ether oxygens (including phenoxy) is 2. The molecule has 5 aliphatic rings. The fraction of sp³-hybridized carbons (Fsp3) is 0.390. The molecule has 5 heterocycles. The highest BCUT2D eigenvalue weighted by molar-refractivity contribution is 8.00. The second-order valence-electron chi connectivity index (χ2n) is 16.0. The van der Waals surface area contributed by atoms with Crippen LogP contribution in [0, 0.1) is 5.92 Å². The van der Waals surface area contributed by atoms with Crippen LogP contribution in [0.4, 0.5) is 27.5 Å². The third kappa shape index (κ3) is 6.68. The summed E-state index contributed by atoms with van der Waals surface area (Å²) in [6.07, 6.45) is -1.00. The normalized spacial score (nSPS) is 23.3. The van der Waals surface area contributed by atoms with Crippen LogP contribution < -0.4 is 19.4 Å². The van der Waals surface area contributed by atoms with E-state index in [1.54, 1.807) is 40.9 Å². The largest absolute Gasteiger partial charge is 0.489 e. The number of β-lactam (4-membered cyclic amide) rings is 2. The summed E-state index contributed by atoms with van der Waals surface area (Å²) in [5, 5.41) is 8.51. The van der Waals surface area contributed by atoms with Gasteiger partial charge in [0.15, 0.2) is 15.6 Å². The van der Waals surface area contributed by atoms with Crippen molar-refractivity contribution >= 4 is 85.8 Å². The predicted octanol–water partition coefficient (Wildman–Crippen LogP) is 5.10. The second-order valence-corrected chi connectivity index (χ2v) is 20.8. The Labute approximate surface area is 350 Å². The van der Waals surface area contributed by atoms with Crippen LogP contribution in [-0.2, 0) is 40.4 Å². The Balaban J connectivity index is 0.907. The fourth-order valence-corrected chi connectivity index (χ4v) is 12.9. The summed E-state index contributed by atoms with van der Waals surface area (Å²) < 4.78 is 36.4. The van der Waals surface area contributed by atoms with Crippen molar-refractivity contribution in [3.05, 3.63) is 77.5 Å². The van der Waals surface area contributed by atoms with E-state index in [0.29, 0.717) is 16.9 Å². The van der Waals surface area contributed by atoms with Gasteiger partial charge in [-0.15, -0.1) is 11.8 Å². The zero-order valence-electron chi connectivity index (χ0n) is 33.2. The number of carbonyl (C=O) groups is 5. The van der Waals surface area contributed by atoms with E-state index in [1.165, 1.54) is 30.5 Å². The topological polar surface area (TPSA) is 174 Å². The van der Waals surface area contributed by atoms with Crippen molar-refractivity contribution < 1.29 is 47.0 Å². The number of rotatable bonds is 11. The van der Waals surface area contributed by atoms with Crippen LogP contribution in [0.2, 0.25) is 0 Å². The Kier molecular flexibility index (Phi) is 10.2. The number of Topliss-reactive ketones (excluding diaryl/α,β-unsaturated/α-hetero) is 1. The minimum absolute atomic E-state index is 0.0188. The van der Waals surface area contributed by atoms with Gasteiger partial charge in [-0.2, -0.15) is 0 Å². The molecule has 0 unspecified atom stereocenters. The van der Waals surface area contributed by atoms with Crippen LogP contribution in [0.25, 0.3) is 0 Å². The van der Waals surface area contributed by atoms with Crippen molar-refractivity contribution in [1.82, 2.24) is 9.80 Å². The molecule has 3 aromatic rings. The minimum atomic E-state index is -3.79. The second kappa shape index (κ2) is 14.8. The van der Waals surface area contributed by atoms with Gasteiger partial charge in [-0.05, 0) is 67.9 Å². The maximum atomic E-state index is 13.8. The van der Waals surface area contributed by atoms with Gasteiger partial charge in [-0.1, -0.05) is 23.9 Å². The van der Waals surface area contributed by atoms with E-state index in [1.807, 2.05) is 74.4 Å². The number of nitrogens with zero attached hydrogens (tertiary/aromatic N) is 5. The summed E-state index contributed by atoms with van der Waals surface area (Å²) in [4.78, 5) is 75.3. The number of sulfone groups is 1. The number of aliphatic carboxylic acids is 1. The first-order valence-corrected chi connectivity index (χ1v) is 22.3. The van der Waals surface area contributed by atoms with Crippen LogP contribution in [-0.4, -0.2) is 115 Å². The van der Waals surface area contributed by atoms with E-state index in [4.69, 9.17) is 9.47 Å². The molecule has 59 heavy (non-hydrogen) atoms. The summed E-state index contributed by atoms with van der Waals surface area (Å²) in [6.45, 7) is 2.72. The van der Waals surface area contributed by atoms with Crippen molar-refractivity contribution in [3.8, 4) is 5.75 Å². The molecule has 5 aliphatic heterocycles. The quantitative estimate of drug-likeness (QED) is 0.252. The number of carboxylic acids is 1. The van der Waals surface area contributed by atoms with E-state index in [2.05, 4.69) is 0 Å². The highest BCUT2D eigenvalue weighted by atomic mass is 32.2. The number of hydrogen-bond donors (Lipinski definition) is 1. The van der Waals surface area contributed by atoms with Crippen LogP contribution in [0.15, 0.2) is 81.7 Å². The SMILES string of the molecule is CN(C)c1ccc2c(c1)Sc1cc(N(C)C)ccc1N2C(=O)OCc1ccc(OCC2=C(C(=O)O)N3C(=O)[C@@H](CC(=O)[C@@H]4N5C(=O)C[C@H]5S(=O)(=O)C4(C)C)[C@H]3SC2)cc1. The van der Waals surface area contributed by atoms with Crippen molar-refractivity contribution in [2.75, 3.05) is 55.3 Å². The minimum Gasteiger partial charge on any atom is -0.489 e. The maximum Gasteiger partial charge on any atom is 0.419 e. The van der Waals surface area contributed by atoms with Gasteiger partial charge in [0.05, 0.1) is 33.8 Å². The average molecular weight is 862 g/mol. The number of ketones is 1.